The van der Waals surface area contributed by atoms with Gasteiger partial charge in [0.1, 0.15) is 11.3 Å². The highest BCUT2D eigenvalue weighted by Crippen LogP contribution is 2.19. The fourth-order valence-corrected chi connectivity index (χ4v) is 3.09. The third-order valence-corrected chi connectivity index (χ3v) is 4.23. The number of carbonyl (C=O) groups is 1. The number of pyridine rings is 1. The van der Waals surface area contributed by atoms with Crippen LogP contribution in [0.3, 0.4) is 0 Å². The van der Waals surface area contributed by atoms with Crippen LogP contribution in [0.1, 0.15) is 23.2 Å². The van der Waals surface area contributed by atoms with E-state index in [1.54, 1.807) is 35.4 Å². The van der Waals surface area contributed by atoms with Crippen LogP contribution in [-0.4, -0.2) is 42.5 Å². The Labute approximate surface area is 134 Å². The first-order chi connectivity index (χ1) is 11.2. The van der Waals surface area contributed by atoms with Crippen LogP contribution in [0.25, 0.3) is 11.5 Å². The topological polar surface area (TPSA) is 78.3 Å². The summed E-state index contributed by atoms with van der Waals surface area (Å²) < 4.78 is 5.26. The van der Waals surface area contributed by atoms with E-state index in [-0.39, 0.29) is 17.0 Å². The number of aromatic nitrogens is 1. The summed E-state index contributed by atoms with van der Waals surface area (Å²) in [6.45, 7) is 2.29. The average molecular weight is 315 g/mol. The van der Waals surface area contributed by atoms with E-state index in [0.29, 0.717) is 30.5 Å². The fraction of sp³-hybridized carbons (Fsp3) is 0.412. The third-order valence-electron chi connectivity index (χ3n) is 4.23. The molecule has 0 radical (unpaired) electrons. The molecule has 1 atom stereocenters. The van der Waals surface area contributed by atoms with Crippen molar-refractivity contribution in [3.05, 3.63) is 46.4 Å². The minimum atomic E-state index is -0.375. The van der Waals surface area contributed by atoms with Crippen LogP contribution < -0.4 is 10.9 Å². The zero-order valence-corrected chi connectivity index (χ0v) is 13.2. The van der Waals surface area contributed by atoms with Gasteiger partial charge in [0.15, 0.2) is 0 Å². The molecule has 0 saturated carbocycles. The first-order valence-corrected chi connectivity index (χ1v) is 7.90. The van der Waals surface area contributed by atoms with Gasteiger partial charge in [0.25, 0.3) is 11.5 Å². The molecule has 1 aliphatic heterocycles. The molecule has 6 heteroatoms. The van der Waals surface area contributed by atoms with Gasteiger partial charge in [0.2, 0.25) is 0 Å². The molecule has 1 amide bonds. The number of hydrogen-bond acceptors (Lipinski definition) is 4. The molecule has 122 valence electrons. The Morgan fingerprint density at radius 1 is 1.43 bits per heavy atom. The highest BCUT2D eigenvalue weighted by Gasteiger charge is 2.25. The van der Waals surface area contributed by atoms with E-state index in [4.69, 9.17) is 4.42 Å². The molecule has 0 aromatic carbocycles. The Bertz CT molecular complexity index is 719. The number of aromatic amines is 1. The maximum Gasteiger partial charge on any atom is 0.261 e. The summed E-state index contributed by atoms with van der Waals surface area (Å²) in [6.07, 6.45) is 3.63. The lowest BCUT2D eigenvalue weighted by molar-refractivity contribution is 0.0672. The summed E-state index contributed by atoms with van der Waals surface area (Å²) in [4.78, 5) is 29.4. The van der Waals surface area contributed by atoms with E-state index in [2.05, 4.69) is 10.3 Å². The van der Waals surface area contributed by atoms with Crippen molar-refractivity contribution in [1.82, 2.24) is 15.2 Å². The summed E-state index contributed by atoms with van der Waals surface area (Å²) in [7, 11) is 1.92. The molecule has 6 nitrogen and oxygen atoms in total. The molecule has 0 bridgehead atoms. The van der Waals surface area contributed by atoms with Crippen LogP contribution in [-0.2, 0) is 0 Å². The maximum absolute atomic E-state index is 12.6. The summed E-state index contributed by atoms with van der Waals surface area (Å²) in [6, 6.07) is 6.81. The average Bonchev–Trinajstić information content (AvgIpc) is 3.09. The van der Waals surface area contributed by atoms with Gasteiger partial charge in [0, 0.05) is 13.1 Å². The highest BCUT2D eigenvalue weighted by molar-refractivity contribution is 5.94. The molecule has 1 saturated heterocycles. The number of rotatable bonds is 4. The van der Waals surface area contributed by atoms with E-state index in [1.165, 1.54) is 0 Å². The quantitative estimate of drug-likeness (QED) is 0.900. The third kappa shape index (κ3) is 3.37. The Hall–Kier alpha value is -2.34. The summed E-state index contributed by atoms with van der Waals surface area (Å²) in [5.74, 6) is 0.824. The number of piperidine rings is 1. The predicted molar refractivity (Wildman–Crippen MR) is 87.3 cm³/mol. The van der Waals surface area contributed by atoms with Gasteiger partial charge < -0.3 is 19.6 Å². The van der Waals surface area contributed by atoms with Crippen LogP contribution in [0.2, 0.25) is 0 Å². The number of amides is 1. The molecule has 1 unspecified atom stereocenters. The Morgan fingerprint density at radius 2 is 2.30 bits per heavy atom. The zero-order chi connectivity index (χ0) is 16.2. The first-order valence-electron chi connectivity index (χ1n) is 7.90. The SMILES string of the molecule is CNCC1CCCN(C(=O)c2ccc(-c3ccco3)[nH]c2=O)C1. The van der Waals surface area contributed by atoms with Gasteiger partial charge in [-0.15, -0.1) is 0 Å². The summed E-state index contributed by atoms with van der Waals surface area (Å²) >= 11 is 0. The number of nitrogens with one attached hydrogen (secondary N) is 2. The van der Waals surface area contributed by atoms with E-state index in [1.807, 2.05) is 7.05 Å². The van der Waals surface area contributed by atoms with Crippen molar-refractivity contribution in [2.75, 3.05) is 26.7 Å². The van der Waals surface area contributed by atoms with E-state index in [9.17, 15) is 9.59 Å². The smallest absolute Gasteiger partial charge is 0.261 e. The van der Waals surface area contributed by atoms with Crippen LogP contribution >= 0.6 is 0 Å². The van der Waals surface area contributed by atoms with E-state index in [0.717, 1.165) is 19.4 Å². The van der Waals surface area contributed by atoms with E-state index < -0.39 is 0 Å². The lowest BCUT2D eigenvalue weighted by atomic mass is 9.97. The van der Waals surface area contributed by atoms with Gasteiger partial charge in [0.05, 0.1) is 12.0 Å². The summed E-state index contributed by atoms with van der Waals surface area (Å²) in [5.41, 5.74) is 0.383. The van der Waals surface area contributed by atoms with Gasteiger partial charge in [-0.3, -0.25) is 9.59 Å². The van der Waals surface area contributed by atoms with Crippen LogP contribution in [0, 0.1) is 5.92 Å². The molecular weight excluding hydrogens is 294 g/mol. The number of hydrogen-bond donors (Lipinski definition) is 2. The molecule has 2 aromatic heterocycles. The molecule has 1 fully saturated rings. The van der Waals surface area contributed by atoms with Gasteiger partial charge in [-0.25, -0.2) is 0 Å². The molecule has 0 aliphatic carbocycles. The molecule has 2 aromatic rings. The van der Waals surface area contributed by atoms with Gasteiger partial charge in [-0.05, 0) is 56.6 Å². The first kappa shape index (κ1) is 15.6. The van der Waals surface area contributed by atoms with Crippen molar-refractivity contribution in [3.63, 3.8) is 0 Å². The van der Waals surface area contributed by atoms with Gasteiger partial charge in [-0.1, -0.05) is 0 Å². The number of carbonyl (C=O) groups excluding carboxylic acids is 1. The lowest BCUT2D eigenvalue weighted by Crippen LogP contribution is -2.43. The molecule has 3 heterocycles. The minimum Gasteiger partial charge on any atom is -0.463 e. The molecule has 3 rings (SSSR count). The lowest BCUT2D eigenvalue weighted by Gasteiger charge is -2.32. The second kappa shape index (κ2) is 6.83. The van der Waals surface area contributed by atoms with Crippen molar-refractivity contribution in [2.45, 2.75) is 12.8 Å². The van der Waals surface area contributed by atoms with Crippen LogP contribution in [0.4, 0.5) is 0 Å². The van der Waals surface area contributed by atoms with Gasteiger partial charge >= 0.3 is 0 Å². The van der Waals surface area contributed by atoms with Crippen molar-refractivity contribution in [2.24, 2.45) is 5.92 Å². The minimum absolute atomic E-state index is 0.186. The van der Waals surface area contributed by atoms with Crippen molar-refractivity contribution < 1.29 is 9.21 Å². The largest absolute Gasteiger partial charge is 0.463 e. The number of H-pyrrole nitrogens is 1. The fourth-order valence-electron chi connectivity index (χ4n) is 3.09. The molecular formula is C17H21N3O3. The number of nitrogens with zero attached hydrogens (tertiary/aromatic N) is 1. The zero-order valence-electron chi connectivity index (χ0n) is 13.2. The summed E-state index contributed by atoms with van der Waals surface area (Å²) in [5, 5.41) is 3.15. The number of likely N-dealkylation sites (tertiary alicyclic amines) is 1. The number of furan rings is 1. The second-order valence-electron chi connectivity index (χ2n) is 5.91. The second-order valence-corrected chi connectivity index (χ2v) is 5.91. The van der Waals surface area contributed by atoms with Crippen molar-refractivity contribution in [1.29, 1.82) is 0 Å². The maximum atomic E-state index is 12.6. The van der Waals surface area contributed by atoms with Crippen molar-refractivity contribution >= 4 is 5.91 Å². The molecule has 0 spiro atoms. The Morgan fingerprint density at radius 3 is 3.00 bits per heavy atom. The van der Waals surface area contributed by atoms with Crippen molar-refractivity contribution in [3.8, 4) is 11.5 Å². The highest BCUT2D eigenvalue weighted by atomic mass is 16.3. The molecule has 1 aliphatic rings. The predicted octanol–water partition coefficient (Wildman–Crippen LogP) is 1.71. The van der Waals surface area contributed by atoms with Crippen LogP contribution in [0.15, 0.2) is 39.7 Å². The Balaban J connectivity index is 1.78. The van der Waals surface area contributed by atoms with Gasteiger partial charge in [-0.2, -0.15) is 0 Å². The standard InChI is InChI=1S/C17H21N3O3/c1-18-10-12-4-2-8-20(11-12)17(22)13-6-7-14(19-16(13)21)15-5-3-9-23-15/h3,5-7,9,12,18H,2,4,8,10-11H2,1H3,(H,19,21). The van der Waals surface area contributed by atoms with E-state index >= 15 is 0 Å². The normalized spacial score (nSPS) is 18.1. The Kier molecular flexibility index (Phi) is 4.62. The van der Waals surface area contributed by atoms with Crippen LogP contribution in [0.5, 0.6) is 0 Å². The molecule has 23 heavy (non-hydrogen) atoms. The monoisotopic (exact) mass is 315 g/mol. The molecule has 2 N–H and O–H groups in total.